The average Bonchev–Trinajstić information content (AvgIpc) is 2.05. The highest BCUT2D eigenvalue weighted by Gasteiger charge is 2.13. The number of hydrogen-bond acceptors (Lipinski definition) is 5. The Morgan fingerprint density at radius 3 is 2.83 bits per heavy atom. The summed E-state index contributed by atoms with van der Waals surface area (Å²) in [6, 6.07) is 0.905. The lowest BCUT2D eigenvalue weighted by atomic mass is 10.3. The zero-order chi connectivity index (χ0) is 9.14. The van der Waals surface area contributed by atoms with E-state index in [2.05, 4.69) is 4.98 Å². The zero-order valence-corrected chi connectivity index (χ0v) is 5.80. The van der Waals surface area contributed by atoms with Gasteiger partial charge in [0, 0.05) is 6.07 Å². The molecule has 0 amide bonds. The standard InChI is InChI=1S/C6H4N2O4/c9-3-4-1-5(8(11)12)6(10)2-7-4/h1-3,10H. The summed E-state index contributed by atoms with van der Waals surface area (Å²) in [5.74, 6) is -0.550. The molecule has 6 heteroatoms. The number of aldehydes is 1. The molecule has 0 saturated heterocycles. The van der Waals surface area contributed by atoms with Gasteiger partial charge in [-0.2, -0.15) is 0 Å². The minimum Gasteiger partial charge on any atom is -0.501 e. The molecule has 0 fully saturated rings. The fourth-order valence-electron chi connectivity index (χ4n) is 0.664. The monoisotopic (exact) mass is 168 g/mol. The van der Waals surface area contributed by atoms with Crippen molar-refractivity contribution in [3.05, 3.63) is 28.1 Å². The van der Waals surface area contributed by atoms with E-state index < -0.39 is 16.4 Å². The van der Waals surface area contributed by atoms with Crippen LogP contribution in [0.4, 0.5) is 5.69 Å². The molecule has 1 N–H and O–H groups in total. The minimum absolute atomic E-state index is 0.0838. The number of aromatic nitrogens is 1. The van der Waals surface area contributed by atoms with Gasteiger partial charge in [-0.3, -0.25) is 14.9 Å². The number of rotatable bonds is 2. The summed E-state index contributed by atoms with van der Waals surface area (Å²) in [4.78, 5) is 22.9. The van der Waals surface area contributed by atoms with Gasteiger partial charge in [0.15, 0.2) is 6.29 Å². The highest BCUT2D eigenvalue weighted by molar-refractivity contribution is 5.73. The molecule has 0 aliphatic heterocycles. The minimum atomic E-state index is -0.788. The van der Waals surface area contributed by atoms with Crippen molar-refractivity contribution in [3.63, 3.8) is 0 Å². The van der Waals surface area contributed by atoms with Crippen LogP contribution in [-0.2, 0) is 0 Å². The Morgan fingerprint density at radius 2 is 2.33 bits per heavy atom. The molecule has 0 atom stereocenters. The van der Waals surface area contributed by atoms with E-state index in [4.69, 9.17) is 5.11 Å². The molecular weight excluding hydrogens is 164 g/mol. The largest absolute Gasteiger partial charge is 0.501 e. The third-order valence-corrected chi connectivity index (χ3v) is 1.20. The molecule has 62 valence electrons. The number of carbonyl (C=O) groups excluding carboxylic acids is 1. The fraction of sp³-hybridized carbons (Fsp3) is 0. The van der Waals surface area contributed by atoms with Gasteiger partial charge in [0.05, 0.1) is 11.1 Å². The van der Waals surface area contributed by atoms with Crippen LogP contribution in [0, 0.1) is 10.1 Å². The molecule has 0 radical (unpaired) electrons. The van der Waals surface area contributed by atoms with Gasteiger partial charge >= 0.3 is 5.69 Å². The van der Waals surface area contributed by atoms with Gasteiger partial charge in [0.1, 0.15) is 5.69 Å². The smallest absolute Gasteiger partial charge is 0.314 e. The van der Waals surface area contributed by atoms with Crippen LogP contribution in [0.1, 0.15) is 10.5 Å². The van der Waals surface area contributed by atoms with Crippen molar-refractivity contribution < 1.29 is 14.8 Å². The Hall–Kier alpha value is -1.98. The number of carbonyl (C=O) groups is 1. The van der Waals surface area contributed by atoms with E-state index in [1.807, 2.05) is 0 Å². The summed E-state index contributed by atoms with van der Waals surface area (Å²) < 4.78 is 0. The molecule has 0 bridgehead atoms. The summed E-state index contributed by atoms with van der Waals surface area (Å²) in [6.07, 6.45) is 1.23. The topological polar surface area (TPSA) is 93.3 Å². The van der Waals surface area contributed by atoms with Crippen LogP contribution in [-0.4, -0.2) is 21.3 Å². The lowest BCUT2D eigenvalue weighted by Crippen LogP contribution is -1.92. The third kappa shape index (κ3) is 1.36. The normalized spacial score (nSPS) is 9.33. The molecule has 1 rings (SSSR count). The molecule has 1 aromatic heterocycles. The Morgan fingerprint density at radius 1 is 1.67 bits per heavy atom. The molecule has 1 heterocycles. The lowest BCUT2D eigenvalue weighted by Gasteiger charge is -1.94. The van der Waals surface area contributed by atoms with Gasteiger partial charge in [0.2, 0.25) is 5.75 Å². The van der Waals surface area contributed by atoms with Crippen molar-refractivity contribution in [1.82, 2.24) is 4.98 Å². The number of nitro groups is 1. The van der Waals surface area contributed by atoms with Crippen molar-refractivity contribution >= 4 is 12.0 Å². The second-order valence-corrected chi connectivity index (χ2v) is 1.97. The van der Waals surface area contributed by atoms with Crippen LogP contribution >= 0.6 is 0 Å². The highest BCUT2D eigenvalue weighted by atomic mass is 16.6. The summed E-state index contributed by atoms with van der Waals surface area (Å²) in [6.45, 7) is 0. The van der Waals surface area contributed by atoms with Crippen molar-refractivity contribution in [2.24, 2.45) is 0 Å². The second kappa shape index (κ2) is 2.95. The second-order valence-electron chi connectivity index (χ2n) is 1.97. The summed E-state index contributed by atoms with van der Waals surface area (Å²) in [7, 11) is 0. The summed E-state index contributed by atoms with van der Waals surface area (Å²) in [5, 5.41) is 19.1. The Bertz CT molecular complexity index is 336. The average molecular weight is 168 g/mol. The molecule has 12 heavy (non-hydrogen) atoms. The summed E-state index contributed by atoms with van der Waals surface area (Å²) in [5.41, 5.74) is -0.605. The van der Waals surface area contributed by atoms with Crippen molar-refractivity contribution in [3.8, 4) is 5.75 Å². The van der Waals surface area contributed by atoms with E-state index in [-0.39, 0.29) is 5.69 Å². The lowest BCUT2D eigenvalue weighted by molar-refractivity contribution is -0.386. The molecular formula is C6H4N2O4. The van der Waals surface area contributed by atoms with Crippen LogP contribution in [0.3, 0.4) is 0 Å². The van der Waals surface area contributed by atoms with Gasteiger partial charge in [0.25, 0.3) is 0 Å². The molecule has 0 aromatic carbocycles. The summed E-state index contributed by atoms with van der Waals surface area (Å²) >= 11 is 0. The van der Waals surface area contributed by atoms with E-state index in [1.54, 1.807) is 0 Å². The Labute approximate surface area is 66.6 Å². The van der Waals surface area contributed by atoms with Gasteiger partial charge in [-0.25, -0.2) is 4.98 Å². The van der Waals surface area contributed by atoms with E-state index in [9.17, 15) is 14.9 Å². The first kappa shape index (κ1) is 8.12. The fourth-order valence-corrected chi connectivity index (χ4v) is 0.664. The van der Waals surface area contributed by atoms with E-state index in [0.717, 1.165) is 12.3 Å². The van der Waals surface area contributed by atoms with Crippen molar-refractivity contribution in [2.75, 3.05) is 0 Å². The molecule has 0 aliphatic carbocycles. The van der Waals surface area contributed by atoms with Crippen LogP contribution in [0.15, 0.2) is 12.3 Å². The number of aromatic hydroxyl groups is 1. The maximum Gasteiger partial charge on any atom is 0.314 e. The molecule has 0 spiro atoms. The van der Waals surface area contributed by atoms with Crippen molar-refractivity contribution in [2.45, 2.75) is 0 Å². The molecule has 1 aromatic rings. The zero-order valence-electron chi connectivity index (χ0n) is 5.80. The predicted molar refractivity (Wildman–Crippen MR) is 37.9 cm³/mol. The van der Waals surface area contributed by atoms with Crippen LogP contribution in [0.2, 0.25) is 0 Å². The maximum absolute atomic E-state index is 10.2. The predicted octanol–water partition coefficient (Wildman–Crippen LogP) is 0.508. The molecule has 0 aliphatic rings. The van der Waals surface area contributed by atoms with Crippen LogP contribution < -0.4 is 0 Å². The quantitative estimate of drug-likeness (QED) is 0.394. The van der Waals surface area contributed by atoms with Gasteiger partial charge in [-0.05, 0) is 0 Å². The van der Waals surface area contributed by atoms with Crippen LogP contribution in [0.25, 0.3) is 0 Å². The molecule has 6 nitrogen and oxygen atoms in total. The first-order valence-electron chi connectivity index (χ1n) is 2.93. The van der Waals surface area contributed by atoms with Gasteiger partial charge < -0.3 is 5.11 Å². The Balaban J connectivity index is 3.25. The first-order valence-corrected chi connectivity index (χ1v) is 2.93. The Kier molecular flexibility index (Phi) is 2.00. The number of nitrogens with zero attached hydrogens (tertiary/aromatic N) is 2. The van der Waals surface area contributed by atoms with E-state index in [0.29, 0.717) is 6.29 Å². The van der Waals surface area contributed by atoms with Crippen LogP contribution in [0.5, 0.6) is 5.75 Å². The maximum atomic E-state index is 10.2. The first-order chi connectivity index (χ1) is 5.65. The van der Waals surface area contributed by atoms with Gasteiger partial charge in [-0.15, -0.1) is 0 Å². The highest BCUT2D eigenvalue weighted by Crippen LogP contribution is 2.23. The SMILES string of the molecule is O=Cc1cc([N+](=O)[O-])c(O)cn1. The van der Waals surface area contributed by atoms with Crippen molar-refractivity contribution in [1.29, 1.82) is 0 Å². The molecule has 0 saturated carbocycles. The number of pyridine rings is 1. The third-order valence-electron chi connectivity index (χ3n) is 1.20. The van der Waals surface area contributed by atoms with Gasteiger partial charge in [-0.1, -0.05) is 0 Å². The molecule has 0 unspecified atom stereocenters. The van der Waals surface area contributed by atoms with E-state index in [1.165, 1.54) is 0 Å². The van der Waals surface area contributed by atoms with E-state index >= 15 is 0 Å². The number of hydrogen-bond donors (Lipinski definition) is 1.